The molecule has 0 aromatic heterocycles. The molecule has 0 bridgehead atoms. The quantitative estimate of drug-likeness (QED) is 0.651. The van der Waals surface area contributed by atoms with Crippen molar-refractivity contribution in [3.05, 3.63) is 63.4 Å². The number of halogens is 2. The second-order valence-corrected chi connectivity index (χ2v) is 5.81. The first-order chi connectivity index (χ1) is 9.90. The highest BCUT2D eigenvalue weighted by atomic mass is 79.9. The lowest BCUT2D eigenvalue weighted by atomic mass is 10.1. The molecule has 0 spiro atoms. The molecule has 0 saturated carbocycles. The number of anilines is 1. The van der Waals surface area contributed by atoms with Crippen molar-refractivity contribution in [3.63, 3.8) is 0 Å². The van der Waals surface area contributed by atoms with Crippen LogP contribution in [0.4, 0.5) is 10.1 Å². The number of hydrogen-bond acceptors (Lipinski definition) is 2. The fourth-order valence-electron chi connectivity index (χ4n) is 2.09. The van der Waals surface area contributed by atoms with Gasteiger partial charge in [0.2, 0.25) is 0 Å². The third-order valence-corrected chi connectivity index (χ3v) is 4.08. The van der Waals surface area contributed by atoms with Gasteiger partial charge in [-0.2, -0.15) is 0 Å². The summed E-state index contributed by atoms with van der Waals surface area (Å²) in [4.78, 5) is 1.83. The van der Waals surface area contributed by atoms with Gasteiger partial charge in [0.25, 0.3) is 0 Å². The Morgan fingerprint density at radius 3 is 2.43 bits per heavy atom. The van der Waals surface area contributed by atoms with Gasteiger partial charge in [-0.15, -0.1) is 0 Å². The van der Waals surface area contributed by atoms with E-state index in [0.717, 1.165) is 5.56 Å². The van der Waals surface area contributed by atoms with Crippen LogP contribution in [0.5, 0.6) is 0 Å². The van der Waals surface area contributed by atoms with E-state index >= 15 is 0 Å². The third-order valence-electron chi connectivity index (χ3n) is 3.30. The van der Waals surface area contributed by atoms with Gasteiger partial charge in [0.05, 0.1) is 10.2 Å². The standard InChI is InChI=1S/C16H17BrFN3/c1-10-3-5-11(6-4-10)9-21(2)13-8-7-12(16(19)20)14(17)15(13)18/h3-8H,9H2,1-2H3,(H3,19,20). The zero-order chi connectivity index (χ0) is 15.6. The third kappa shape index (κ3) is 3.42. The fraction of sp³-hybridized carbons (Fsp3) is 0.188. The van der Waals surface area contributed by atoms with E-state index in [1.54, 1.807) is 12.1 Å². The number of aryl methyl sites for hydroxylation is 1. The summed E-state index contributed by atoms with van der Waals surface area (Å²) in [6.45, 7) is 2.63. The highest BCUT2D eigenvalue weighted by molar-refractivity contribution is 9.10. The molecule has 0 fully saturated rings. The molecule has 0 radical (unpaired) electrons. The molecule has 3 N–H and O–H groups in total. The molecule has 2 aromatic rings. The topological polar surface area (TPSA) is 53.1 Å². The van der Waals surface area contributed by atoms with Crippen LogP contribution in [0.2, 0.25) is 0 Å². The first-order valence-electron chi connectivity index (χ1n) is 6.49. The molecule has 0 heterocycles. The summed E-state index contributed by atoms with van der Waals surface area (Å²) in [5.74, 6) is -0.564. The highest BCUT2D eigenvalue weighted by Gasteiger charge is 2.15. The van der Waals surface area contributed by atoms with Gasteiger partial charge in [0, 0.05) is 19.2 Å². The van der Waals surface area contributed by atoms with Crippen molar-refractivity contribution in [2.45, 2.75) is 13.5 Å². The van der Waals surface area contributed by atoms with Crippen LogP contribution in [-0.2, 0) is 6.54 Å². The molecule has 2 rings (SSSR count). The number of hydrogen-bond donors (Lipinski definition) is 2. The second kappa shape index (κ2) is 6.26. The summed E-state index contributed by atoms with van der Waals surface area (Å²) in [5.41, 5.74) is 8.55. The lowest BCUT2D eigenvalue weighted by molar-refractivity contribution is 0.615. The minimum absolute atomic E-state index is 0.159. The summed E-state index contributed by atoms with van der Waals surface area (Å²) in [7, 11) is 1.83. The van der Waals surface area contributed by atoms with Gasteiger partial charge in [-0.3, -0.25) is 5.41 Å². The zero-order valence-electron chi connectivity index (χ0n) is 12.0. The zero-order valence-corrected chi connectivity index (χ0v) is 13.5. The van der Waals surface area contributed by atoms with Gasteiger partial charge in [0.1, 0.15) is 5.84 Å². The Morgan fingerprint density at radius 1 is 1.24 bits per heavy atom. The van der Waals surface area contributed by atoms with E-state index in [0.29, 0.717) is 17.8 Å². The van der Waals surface area contributed by atoms with Crippen LogP contribution in [0.15, 0.2) is 40.9 Å². The number of amidine groups is 1. The first kappa shape index (κ1) is 15.5. The molecular weight excluding hydrogens is 333 g/mol. The van der Waals surface area contributed by atoms with E-state index in [4.69, 9.17) is 11.1 Å². The molecule has 110 valence electrons. The average molecular weight is 350 g/mol. The van der Waals surface area contributed by atoms with Crippen molar-refractivity contribution in [2.75, 3.05) is 11.9 Å². The predicted octanol–water partition coefficient (Wildman–Crippen LogP) is 3.82. The Hall–Kier alpha value is -1.88. The van der Waals surface area contributed by atoms with Gasteiger partial charge in [0.15, 0.2) is 5.82 Å². The number of nitrogens with two attached hydrogens (primary N) is 1. The summed E-state index contributed by atoms with van der Waals surface area (Å²) in [6.07, 6.45) is 0. The summed E-state index contributed by atoms with van der Waals surface area (Å²) in [6, 6.07) is 11.4. The molecule has 0 amide bonds. The fourth-order valence-corrected chi connectivity index (χ4v) is 2.64. The smallest absolute Gasteiger partial charge is 0.161 e. The van der Waals surface area contributed by atoms with Crippen molar-refractivity contribution in [1.29, 1.82) is 5.41 Å². The molecule has 0 atom stereocenters. The lowest BCUT2D eigenvalue weighted by Crippen LogP contribution is -2.19. The number of nitrogen functional groups attached to an aromatic ring is 1. The Morgan fingerprint density at radius 2 is 1.86 bits per heavy atom. The molecule has 21 heavy (non-hydrogen) atoms. The Bertz CT molecular complexity index is 668. The Kier molecular flexibility index (Phi) is 4.63. The Balaban J connectivity index is 2.27. The van der Waals surface area contributed by atoms with Crippen molar-refractivity contribution in [3.8, 4) is 0 Å². The molecule has 0 saturated heterocycles. The van der Waals surface area contributed by atoms with Gasteiger partial charge >= 0.3 is 0 Å². The number of benzene rings is 2. The van der Waals surface area contributed by atoms with Crippen LogP contribution in [-0.4, -0.2) is 12.9 Å². The van der Waals surface area contributed by atoms with Crippen molar-refractivity contribution >= 4 is 27.5 Å². The van der Waals surface area contributed by atoms with Crippen molar-refractivity contribution < 1.29 is 4.39 Å². The van der Waals surface area contributed by atoms with E-state index in [1.165, 1.54) is 5.56 Å². The SMILES string of the molecule is Cc1ccc(CN(C)c2ccc(C(=N)N)c(Br)c2F)cc1. The molecule has 0 aliphatic rings. The molecule has 3 nitrogen and oxygen atoms in total. The number of nitrogens with one attached hydrogen (secondary N) is 1. The molecule has 2 aromatic carbocycles. The van der Waals surface area contributed by atoms with Crippen LogP contribution in [0.3, 0.4) is 0 Å². The molecule has 0 aliphatic carbocycles. The van der Waals surface area contributed by atoms with Crippen LogP contribution in [0, 0.1) is 18.2 Å². The normalized spacial score (nSPS) is 10.5. The maximum absolute atomic E-state index is 14.4. The van der Waals surface area contributed by atoms with Crippen LogP contribution in [0.25, 0.3) is 0 Å². The van der Waals surface area contributed by atoms with E-state index < -0.39 is 5.82 Å². The van der Waals surface area contributed by atoms with Crippen LogP contribution in [0.1, 0.15) is 16.7 Å². The van der Waals surface area contributed by atoms with Gasteiger partial charge in [-0.25, -0.2) is 4.39 Å². The van der Waals surface area contributed by atoms with E-state index in [2.05, 4.69) is 15.9 Å². The Labute approximate surface area is 132 Å². The maximum atomic E-state index is 14.4. The lowest BCUT2D eigenvalue weighted by Gasteiger charge is -2.21. The minimum Gasteiger partial charge on any atom is -0.384 e. The van der Waals surface area contributed by atoms with Gasteiger partial charge < -0.3 is 10.6 Å². The summed E-state index contributed by atoms with van der Waals surface area (Å²) < 4.78 is 14.6. The predicted molar refractivity (Wildman–Crippen MR) is 88.4 cm³/mol. The summed E-state index contributed by atoms with van der Waals surface area (Å²) >= 11 is 3.17. The number of rotatable bonds is 4. The number of nitrogens with zero attached hydrogens (tertiary/aromatic N) is 1. The van der Waals surface area contributed by atoms with Gasteiger partial charge in [-0.1, -0.05) is 29.8 Å². The van der Waals surface area contributed by atoms with Crippen LogP contribution >= 0.6 is 15.9 Å². The maximum Gasteiger partial charge on any atom is 0.161 e. The van der Waals surface area contributed by atoms with E-state index in [1.807, 2.05) is 43.1 Å². The van der Waals surface area contributed by atoms with E-state index in [9.17, 15) is 4.39 Å². The highest BCUT2D eigenvalue weighted by Crippen LogP contribution is 2.29. The molecule has 0 unspecified atom stereocenters. The first-order valence-corrected chi connectivity index (χ1v) is 7.28. The molecule has 5 heteroatoms. The average Bonchev–Trinajstić information content (AvgIpc) is 2.43. The monoisotopic (exact) mass is 349 g/mol. The van der Waals surface area contributed by atoms with Crippen LogP contribution < -0.4 is 10.6 Å². The minimum atomic E-state index is -0.405. The van der Waals surface area contributed by atoms with Crippen molar-refractivity contribution in [1.82, 2.24) is 0 Å². The largest absolute Gasteiger partial charge is 0.384 e. The van der Waals surface area contributed by atoms with E-state index in [-0.39, 0.29) is 10.3 Å². The second-order valence-electron chi connectivity index (χ2n) is 5.02. The molecule has 0 aliphatic heterocycles. The van der Waals surface area contributed by atoms with Crippen molar-refractivity contribution in [2.24, 2.45) is 5.73 Å². The summed E-state index contributed by atoms with van der Waals surface area (Å²) in [5, 5.41) is 7.42. The van der Waals surface area contributed by atoms with Gasteiger partial charge in [-0.05, 0) is 40.5 Å². The molecular formula is C16H17BrFN3.